The summed E-state index contributed by atoms with van der Waals surface area (Å²) in [5.74, 6) is 0. The minimum Gasteiger partial charge on any atom is -0.594 e. The molecule has 11 heteroatoms. The molecule has 0 aliphatic heterocycles. The molecular weight excluding hydrogens is 348 g/mol. The highest BCUT2D eigenvalue weighted by Crippen LogP contribution is 2.21. The molecular formula is C12H10N2O7S2. The number of hydrogen-bond acceptors (Lipinski definition) is 6. The molecule has 0 bridgehead atoms. The van der Waals surface area contributed by atoms with E-state index in [0.717, 1.165) is 36.4 Å². The lowest BCUT2D eigenvalue weighted by Crippen LogP contribution is -1.98. The van der Waals surface area contributed by atoms with E-state index in [-0.39, 0.29) is 26.0 Å². The lowest BCUT2D eigenvalue weighted by molar-refractivity contribution is -0.435. The first-order valence-electron chi connectivity index (χ1n) is 5.91. The summed E-state index contributed by atoms with van der Waals surface area (Å²) < 4.78 is 61.2. The van der Waals surface area contributed by atoms with Crippen LogP contribution in [0, 0.1) is 5.21 Å². The lowest BCUT2D eigenvalue weighted by Gasteiger charge is -2.01. The van der Waals surface area contributed by atoms with Crippen molar-refractivity contribution in [1.29, 1.82) is 0 Å². The van der Waals surface area contributed by atoms with Crippen molar-refractivity contribution in [1.82, 2.24) is 0 Å². The highest BCUT2D eigenvalue weighted by atomic mass is 32.2. The Bertz CT molecular complexity index is 947. The molecule has 0 heterocycles. The molecule has 0 unspecified atom stereocenters. The average molecular weight is 358 g/mol. The SMILES string of the molecule is O=S(=O)(O)c1ccc(N=[N+]([O-])c2ccc(S(=O)(=O)O)cc2)cc1. The molecule has 9 nitrogen and oxygen atoms in total. The van der Waals surface area contributed by atoms with Gasteiger partial charge >= 0.3 is 0 Å². The van der Waals surface area contributed by atoms with Gasteiger partial charge in [-0.05, 0) is 36.4 Å². The molecule has 0 aliphatic carbocycles. The van der Waals surface area contributed by atoms with Gasteiger partial charge in [0.25, 0.3) is 20.2 Å². The first-order valence-corrected chi connectivity index (χ1v) is 8.79. The number of hydrogen-bond donors (Lipinski definition) is 2. The van der Waals surface area contributed by atoms with Gasteiger partial charge in [0.05, 0.1) is 9.79 Å². The van der Waals surface area contributed by atoms with Crippen LogP contribution in [0.5, 0.6) is 0 Å². The fourth-order valence-electron chi connectivity index (χ4n) is 1.59. The topological polar surface area (TPSA) is 147 Å². The van der Waals surface area contributed by atoms with Crippen molar-refractivity contribution in [2.24, 2.45) is 5.11 Å². The highest BCUT2D eigenvalue weighted by molar-refractivity contribution is 7.86. The summed E-state index contributed by atoms with van der Waals surface area (Å²) in [7, 11) is -8.69. The molecule has 2 aromatic rings. The third-order valence-electron chi connectivity index (χ3n) is 2.70. The minimum absolute atomic E-state index is 0.00347. The monoisotopic (exact) mass is 358 g/mol. The van der Waals surface area contributed by atoms with Crippen LogP contribution in [-0.4, -0.2) is 30.8 Å². The van der Waals surface area contributed by atoms with Crippen molar-refractivity contribution >= 4 is 31.6 Å². The smallest absolute Gasteiger partial charge is 0.294 e. The largest absolute Gasteiger partial charge is 0.594 e. The Balaban J connectivity index is 2.29. The van der Waals surface area contributed by atoms with E-state index in [4.69, 9.17) is 9.11 Å². The zero-order valence-corrected chi connectivity index (χ0v) is 12.9. The number of nitrogens with zero attached hydrogens (tertiary/aromatic N) is 2. The molecule has 0 saturated heterocycles. The minimum atomic E-state index is -4.35. The molecule has 0 fully saturated rings. The van der Waals surface area contributed by atoms with Crippen molar-refractivity contribution in [2.75, 3.05) is 0 Å². The summed E-state index contributed by atoms with van der Waals surface area (Å²) in [5, 5.41) is 15.5. The predicted octanol–water partition coefficient (Wildman–Crippen LogP) is 2.11. The maximum absolute atomic E-state index is 11.8. The zero-order valence-electron chi connectivity index (χ0n) is 11.3. The van der Waals surface area contributed by atoms with Crippen LogP contribution in [0.1, 0.15) is 0 Å². The van der Waals surface area contributed by atoms with Crippen LogP contribution in [0.4, 0.5) is 11.4 Å². The number of azo groups is 1. The van der Waals surface area contributed by atoms with Crippen LogP contribution in [0.25, 0.3) is 0 Å². The van der Waals surface area contributed by atoms with Gasteiger partial charge in [-0.1, -0.05) is 4.86 Å². The Morgan fingerprint density at radius 3 is 1.57 bits per heavy atom. The summed E-state index contributed by atoms with van der Waals surface area (Å²) >= 11 is 0. The Hall–Kier alpha value is -2.34. The summed E-state index contributed by atoms with van der Waals surface area (Å²) in [5.41, 5.74) is 0.113. The Labute approximate surface area is 131 Å². The Morgan fingerprint density at radius 2 is 1.17 bits per heavy atom. The summed E-state index contributed by atoms with van der Waals surface area (Å²) in [6, 6.07) is 8.92. The van der Waals surface area contributed by atoms with Crippen molar-refractivity contribution in [3.63, 3.8) is 0 Å². The van der Waals surface area contributed by atoms with Crippen molar-refractivity contribution in [3.8, 4) is 0 Å². The first kappa shape index (κ1) is 17.0. The maximum atomic E-state index is 11.8. The van der Waals surface area contributed by atoms with Crippen LogP contribution in [0.2, 0.25) is 0 Å². The van der Waals surface area contributed by atoms with Gasteiger partial charge in [-0.3, -0.25) is 9.11 Å². The molecule has 2 aromatic carbocycles. The van der Waals surface area contributed by atoms with Gasteiger partial charge in [-0.25, -0.2) is 0 Å². The van der Waals surface area contributed by atoms with E-state index in [2.05, 4.69) is 5.11 Å². The van der Waals surface area contributed by atoms with Crippen molar-refractivity contribution in [2.45, 2.75) is 9.79 Å². The molecule has 122 valence electrons. The third kappa shape index (κ3) is 4.32. The number of benzene rings is 2. The van der Waals surface area contributed by atoms with Crippen LogP contribution in [0.3, 0.4) is 0 Å². The molecule has 2 N–H and O–H groups in total. The molecule has 0 atom stereocenters. The van der Waals surface area contributed by atoms with Crippen LogP contribution >= 0.6 is 0 Å². The fourth-order valence-corrected chi connectivity index (χ4v) is 2.55. The Morgan fingerprint density at radius 1 is 0.783 bits per heavy atom. The van der Waals surface area contributed by atoms with Gasteiger partial charge in [0.15, 0.2) is 0 Å². The molecule has 0 spiro atoms. The summed E-state index contributed by atoms with van der Waals surface area (Å²) in [6.07, 6.45) is 0. The quantitative estimate of drug-likeness (QED) is 0.368. The Kier molecular flexibility index (Phi) is 4.47. The molecule has 0 aromatic heterocycles. The van der Waals surface area contributed by atoms with Crippen LogP contribution < -0.4 is 0 Å². The lowest BCUT2D eigenvalue weighted by atomic mass is 10.3. The van der Waals surface area contributed by atoms with E-state index in [1.165, 1.54) is 12.1 Å². The van der Waals surface area contributed by atoms with Crippen molar-refractivity contribution in [3.05, 3.63) is 53.7 Å². The number of rotatable bonds is 4. The van der Waals surface area contributed by atoms with E-state index < -0.39 is 20.2 Å². The van der Waals surface area contributed by atoms with Gasteiger partial charge < -0.3 is 5.21 Å². The molecule has 0 amide bonds. The first-order chi connectivity index (χ1) is 10.6. The summed E-state index contributed by atoms with van der Waals surface area (Å²) in [6.45, 7) is 0. The second-order valence-electron chi connectivity index (χ2n) is 4.31. The molecule has 0 saturated carbocycles. The zero-order chi connectivity index (χ0) is 17.3. The van der Waals surface area contributed by atoms with Gasteiger partial charge in [-0.15, -0.1) is 0 Å². The van der Waals surface area contributed by atoms with Gasteiger partial charge in [0.2, 0.25) is 5.69 Å². The van der Waals surface area contributed by atoms with E-state index >= 15 is 0 Å². The molecule has 0 radical (unpaired) electrons. The third-order valence-corrected chi connectivity index (χ3v) is 4.43. The normalized spacial score (nSPS) is 13.0. The predicted molar refractivity (Wildman–Crippen MR) is 77.9 cm³/mol. The van der Waals surface area contributed by atoms with E-state index in [0.29, 0.717) is 0 Å². The van der Waals surface area contributed by atoms with E-state index in [1.807, 2.05) is 0 Å². The van der Waals surface area contributed by atoms with E-state index in [1.54, 1.807) is 0 Å². The summed E-state index contributed by atoms with van der Waals surface area (Å²) in [4.78, 5) is -0.519. The van der Waals surface area contributed by atoms with E-state index in [9.17, 15) is 22.0 Å². The molecule has 23 heavy (non-hydrogen) atoms. The highest BCUT2D eigenvalue weighted by Gasteiger charge is 2.12. The van der Waals surface area contributed by atoms with Gasteiger partial charge in [0, 0.05) is 17.2 Å². The average Bonchev–Trinajstić information content (AvgIpc) is 2.46. The van der Waals surface area contributed by atoms with Crippen molar-refractivity contribution < 1.29 is 30.8 Å². The second-order valence-corrected chi connectivity index (χ2v) is 7.15. The molecule has 0 aliphatic rings. The molecule has 2 rings (SSSR count). The van der Waals surface area contributed by atoms with Crippen LogP contribution in [-0.2, 0) is 20.2 Å². The van der Waals surface area contributed by atoms with Gasteiger partial charge in [-0.2, -0.15) is 16.8 Å². The van der Waals surface area contributed by atoms with Crippen LogP contribution in [0.15, 0.2) is 63.4 Å². The van der Waals surface area contributed by atoms with Gasteiger partial charge in [0.1, 0.15) is 5.69 Å². The fraction of sp³-hybridized carbons (Fsp3) is 0. The maximum Gasteiger partial charge on any atom is 0.294 e. The second kappa shape index (κ2) is 6.04. The standard InChI is InChI=1S/C12H10N2O7S2/c15-14(10-3-7-12(8-4-10)23(19,20)21)13-9-1-5-11(6-2-9)22(16,17)18/h1-8H,(H,16,17,18)(H,19,20,21).